The van der Waals surface area contributed by atoms with Gasteiger partial charge in [-0.2, -0.15) is 0 Å². The summed E-state index contributed by atoms with van der Waals surface area (Å²) in [6, 6.07) is 0. The van der Waals surface area contributed by atoms with E-state index in [4.69, 9.17) is 12.2 Å². The fourth-order valence-corrected chi connectivity index (χ4v) is 3.65. The van der Waals surface area contributed by atoms with E-state index in [1.807, 2.05) is 0 Å². The normalized spacial score (nSPS) is 45.9. The largest absolute Gasteiger partial charge is 0.382 e. The van der Waals surface area contributed by atoms with Crippen molar-refractivity contribution in [2.75, 3.05) is 0 Å². The maximum absolute atomic E-state index is 10.6. The minimum Gasteiger partial charge on any atom is -0.382 e. The molecule has 1 saturated heterocycles. The Morgan fingerprint density at radius 3 is 2.71 bits per heavy atom. The van der Waals surface area contributed by atoms with E-state index in [0.29, 0.717) is 16.8 Å². The average molecular weight is 213 g/mol. The molecule has 0 bridgehead atoms. The molecule has 80 valence electrons. The van der Waals surface area contributed by atoms with Crippen molar-refractivity contribution < 1.29 is 5.11 Å². The summed E-state index contributed by atoms with van der Waals surface area (Å²) in [5.74, 6) is 0.878. The van der Waals surface area contributed by atoms with E-state index in [9.17, 15) is 5.11 Å². The molecule has 14 heavy (non-hydrogen) atoms. The monoisotopic (exact) mass is 213 g/mol. The van der Waals surface area contributed by atoms with E-state index >= 15 is 0 Å². The molecule has 0 aromatic rings. The SMILES string of the molecule is C[C@@H]1CC[C@H]2C(C)(C)NC(=S)[C@@]2(O)C1. The van der Waals surface area contributed by atoms with Gasteiger partial charge in [0, 0.05) is 11.5 Å². The van der Waals surface area contributed by atoms with Gasteiger partial charge in [-0.05, 0) is 32.6 Å². The molecule has 1 saturated carbocycles. The fourth-order valence-electron chi connectivity index (χ4n) is 3.16. The van der Waals surface area contributed by atoms with Crippen LogP contribution in [0.3, 0.4) is 0 Å². The molecule has 2 N–H and O–H groups in total. The van der Waals surface area contributed by atoms with Gasteiger partial charge in [0.05, 0.1) is 0 Å². The lowest BCUT2D eigenvalue weighted by Gasteiger charge is -2.40. The quantitative estimate of drug-likeness (QED) is 0.602. The molecular formula is C11H19NOS. The summed E-state index contributed by atoms with van der Waals surface area (Å²) in [7, 11) is 0. The maximum atomic E-state index is 10.6. The summed E-state index contributed by atoms with van der Waals surface area (Å²) in [6.07, 6.45) is 3.12. The first-order chi connectivity index (χ1) is 6.36. The van der Waals surface area contributed by atoms with Gasteiger partial charge in [-0.1, -0.05) is 25.6 Å². The Hall–Kier alpha value is -0.150. The molecule has 2 fully saturated rings. The first kappa shape index (κ1) is 10.4. The molecule has 0 unspecified atom stereocenters. The van der Waals surface area contributed by atoms with E-state index in [2.05, 4.69) is 26.1 Å². The summed E-state index contributed by atoms with van der Waals surface area (Å²) in [5, 5.41) is 13.9. The highest BCUT2D eigenvalue weighted by Gasteiger charge is 2.56. The molecule has 0 aromatic carbocycles. The second-order valence-corrected chi connectivity index (χ2v) is 5.95. The molecule has 3 atom stereocenters. The van der Waals surface area contributed by atoms with Crippen LogP contribution < -0.4 is 5.32 Å². The van der Waals surface area contributed by atoms with Crippen molar-refractivity contribution in [3.05, 3.63) is 0 Å². The summed E-state index contributed by atoms with van der Waals surface area (Å²) in [5.41, 5.74) is -0.761. The van der Waals surface area contributed by atoms with Crippen LogP contribution in [0.25, 0.3) is 0 Å². The smallest absolute Gasteiger partial charge is 0.120 e. The Kier molecular flexibility index (Phi) is 2.16. The van der Waals surface area contributed by atoms with Crippen LogP contribution in [0.4, 0.5) is 0 Å². The summed E-state index contributed by atoms with van der Waals surface area (Å²) in [6.45, 7) is 6.47. The molecule has 2 aliphatic rings. The lowest BCUT2D eigenvalue weighted by Crippen LogP contribution is -2.47. The zero-order valence-electron chi connectivity index (χ0n) is 9.13. The third-order valence-corrected chi connectivity index (χ3v) is 4.34. The Morgan fingerprint density at radius 1 is 1.43 bits per heavy atom. The van der Waals surface area contributed by atoms with Gasteiger partial charge >= 0.3 is 0 Å². The summed E-state index contributed by atoms with van der Waals surface area (Å²) >= 11 is 5.27. The minimum absolute atomic E-state index is 0.0357. The molecule has 3 heteroatoms. The van der Waals surface area contributed by atoms with E-state index in [1.54, 1.807) is 0 Å². The molecule has 0 aromatic heterocycles. The van der Waals surface area contributed by atoms with Gasteiger partial charge < -0.3 is 10.4 Å². The predicted octanol–water partition coefficient (Wildman–Crippen LogP) is 1.86. The van der Waals surface area contributed by atoms with Gasteiger partial charge in [0.25, 0.3) is 0 Å². The average Bonchev–Trinajstić information content (AvgIpc) is 2.17. The second kappa shape index (κ2) is 2.92. The van der Waals surface area contributed by atoms with Crippen LogP contribution >= 0.6 is 12.2 Å². The maximum Gasteiger partial charge on any atom is 0.120 e. The van der Waals surface area contributed by atoms with Crippen LogP contribution in [0.2, 0.25) is 0 Å². The lowest BCUT2D eigenvalue weighted by atomic mass is 9.67. The van der Waals surface area contributed by atoms with Crippen LogP contribution in [-0.2, 0) is 0 Å². The molecule has 2 rings (SSSR count). The number of thiocarbonyl (C=S) groups is 1. The second-order valence-electron chi connectivity index (χ2n) is 5.54. The van der Waals surface area contributed by atoms with Crippen molar-refractivity contribution in [3.63, 3.8) is 0 Å². The van der Waals surface area contributed by atoms with Gasteiger partial charge in [0.15, 0.2) is 0 Å². The van der Waals surface area contributed by atoms with Crippen LogP contribution in [0.15, 0.2) is 0 Å². The van der Waals surface area contributed by atoms with Crippen molar-refractivity contribution in [1.29, 1.82) is 0 Å². The van der Waals surface area contributed by atoms with Crippen molar-refractivity contribution in [1.82, 2.24) is 5.32 Å². The Bertz CT molecular complexity index is 276. The third-order valence-electron chi connectivity index (χ3n) is 3.88. The zero-order valence-corrected chi connectivity index (χ0v) is 9.95. The minimum atomic E-state index is -0.726. The van der Waals surface area contributed by atoms with Crippen LogP contribution in [-0.4, -0.2) is 21.2 Å². The first-order valence-corrected chi connectivity index (χ1v) is 5.82. The van der Waals surface area contributed by atoms with Crippen LogP contribution in [0.5, 0.6) is 0 Å². The summed E-state index contributed by atoms with van der Waals surface area (Å²) in [4.78, 5) is 0.666. The fraction of sp³-hybridized carbons (Fsp3) is 0.909. The Balaban J connectivity index is 2.33. The third kappa shape index (κ3) is 1.29. The highest BCUT2D eigenvalue weighted by atomic mass is 32.1. The van der Waals surface area contributed by atoms with Crippen molar-refractivity contribution >= 4 is 17.2 Å². The predicted molar refractivity (Wildman–Crippen MR) is 61.3 cm³/mol. The lowest BCUT2D eigenvalue weighted by molar-refractivity contribution is -0.0114. The van der Waals surface area contributed by atoms with E-state index < -0.39 is 5.60 Å². The van der Waals surface area contributed by atoms with E-state index in [1.165, 1.54) is 6.42 Å². The molecule has 0 amide bonds. The molecule has 0 spiro atoms. The highest BCUT2D eigenvalue weighted by Crippen LogP contribution is 2.47. The molecule has 1 aliphatic heterocycles. The van der Waals surface area contributed by atoms with Gasteiger partial charge in [-0.25, -0.2) is 0 Å². The highest BCUT2D eigenvalue weighted by molar-refractivity contribution is 7.80. The molecular weight excluding hydrogens is 194 g/mol. The van der Waals surface area contributed by atoms with Gasteiger partial charge in [0.2, 0.25) is 0 Å². The standard InChI is InChI=1S/C11H19NOS/c1-7-4-5-8-10(2,3)12-9(14)11(8,13)6-7/h7-8,13H,4-6H2,1-3H3,(H,12,14)/t7-,8+,11-/m1/s1. The molecule has 1 heterocycles. The van der Waals surface area contributed by atoms with Crippen molar-refractivity contribution in [3.8, 4) is 0 Å². The topological polar surface area (TPSA) is 32.3 Å². The summed E-state index contributed by atoms with van der Waals surface area (Å²) < 4.78 is 0. The molecule has 1 aliphatic carbocycles. The van der Waals surface area contributed by atoms with Crippen LogP contribution in [0.1, 0.15) is 40.0 Å². The number of fused-ring (bicyclic) bond motifs is 1. The Labute approximate surface area is 91.1 Å². The molecule has 0 radical (unpaired) electrons. The van der Waals surface area contributed by atoms with Crippen LogP contribution in [0, 0.1) is 11.8 Å². The Morgan fingerprint density at radius 2 is 2.07 bits per heavy atom. The number of hydrogen-bond acceptors (Lipinski definition) is 2. The number of aliphatic hydroxyl groups is 1. The van der Waals surface area contributed by atoms with Gasteiger partial charge in [-0.3, -0.25) is 0 Å². The molecule has 2 nitrogen and oxygen atoms in total. The van der Waals surface area contributed by atoms with Crippen molar-refractivity contribution in [2.24, 2.45) is 11.8 Å². The van der Waals surface area contributed by atoms with E-state index in [-0.39, 0.29) is 5.54 Å². The van der Waals surface area contributed by atoms with Crippen molar-refractivity contribution in [2.45, 2.75) is 51.2 Å². The number of hydrogen-bond donors (Lipinski definition) is 2. The first-order valence-electron chi connectivity index (χ1n) is 5.41. The zero-order chi connectivity index (χ0) is 10.6. The van der Waals surface area contributed by atoms with E-state index in [0.717, 1.165) is 12.8 Å². The number of nitrogens with one attached hydrogen (secondary N) is 1. The number of rotatable bonds is 0. The van der Waals surface area contributed by atoms with Gasteiger partial charge in [-0.15, -0.1) is 0 Å². The van der Waals surface area contributed by atoms with Gasteiger partial charge in [0.1, 0.15) is 10.6 Å².